The second kappa shape index (κ2) is 6.79. The molecule has 0 radical (unpaired) electrons. The van der Waals surface area contributed by atoms with Crippen molar-refractivity contribution in [1.29, 1.82) is 0 Å². The number of aromatic nitrogens is 3. The fraction of sp³-hybridized carbons (Fsp3) is 0.643. The van der Waals surface area contributed by atoms with Crippen LogP contribution in [0, 0.1) is 0 Å². The zero-order valence-electron chi connectivity index (χ0n) is 13.8. The van der Waals surface area contributed by atoms with Gasteiger partial charge in [0.1, 0.15) is 5.01 Å². The standard InChI is InChI=1S/C14H18F3N5O2S/c1-3-4-8-5-21(12(23)18-8)6-9-11(14(15,16)17)22-13(19-9)25-10(20-22)7-24-2/h8H,3-7H2,1-2H3,(H,18,23). The summed E-state index contributed by atoms with van der Waals surface area (Å²) in [5, 5.41) is 7.12. The molecule has 1 fully saturated rings. The normalized spacial score (nSPS) is 18.4. The number of hydrogen-bond acceptors (Lipinski definition) is 5. The van der Waals surface area contributed by atoms with E-state index in [1.165, 1.54) is 12.0 Å². The Morgan fingerprint density at radius 3 is 2.84 bits per heavy atom. The molecule has 1 saturated heterocycles. The number of hydrogen-bond donors (Lipinski definition) is 1. The molecule has 25 heavy (non-hydrogen) atoms. The third-order valence-electron chi connectivity index (χ3n) is 3.89. The molecule has 1 aliphatic heterocycles. The molecule has 11 heteroatoms. The number of nitrogens with zero attached hydrogens (tertiary/aromatic N) is 4. The summed E-state index contributed by atoms with van der Waals surface area (Å²) in [7, 11) is 1.44. The van der Waals surface area contributed by atoms with Crippen molar-refractivity contribution in [2.75, 3.05) is 13.7 Å². The van der Waals surface area contributed by atoms with Crippen molar-refractivity contribution < 1.29 is 22.7 Å². The maximum Gasteiger partial charge on any atom is 0.435 e. The first-order valence-electron chi connectivity index (χ1n) is 7.82. The van der Waals surface area contributed by atoms with Crippen LogP contribution in [-0.2, 0) is 24.1 Å². The van der Waals surface area contributed by atoms with Crippen molar-refractivity contribution in [1.82, 2.24) is 24.8 Å². The quantitative estimate of drug-likeness (QED) is 0.840. The Kier molecular flexibility index (Phi) is 4.87. The van der Waals surface area contributed by atoms with Crippen molar-refractivity contribution in [3.63, 3.8) is 0 Å². The van der Waals surface area contributed by atoms with Gasteiger partial charge in [0.05, 0.1) is 18.8 Å². The van der Waals surface area contributed by atoms with Crippen LogP contribution in [0.25, 0.3) is 4.96 Å². The molecule has 3 rings (SSSR count). The lowest BCUT2D eigenvalue weighted by atomic mass is 10.2. The van der Waals surface area contributed by atoms with Gasteiger partial charge in [-0.15, -0.1) is 0 Å². The van der Waals surface area contributed by atoms with Crippen LogP contribution < -0.4 is 5.32 Å². The molecule has 0 spiro atoms. The van der Waals surface area contributed by atoms with Gasteiger partial charge in [-0.2, -0.15) is 22.8 Å². The van der Waals surface area contributed by atoms with E-state index >= 15 is 0 Å². The van der Waals surface area contributed by atoms with Gasteiger partial charge >= 0.3 is 12.2 Å². The number of carbonyl (C=O) groups excluding carboxylic acids is 1. The van der Waals surface area contributed by atoms with Crippen LogP contribution in [0.5, 0.6) is 0 Å². The van der Waals surface area contributed by atoms with Gasteiger partial charge < -0.3 is 15.0 Å². The third kappa shape index (κ3) is 3.56. The molecule has 1 atom stereocenters. The topological polar surface area (TPSA) is 71.8 Å². The van der Waals surface area contributed by atoms with Crippen LogP contribution in [0.1, 0.15) is 36.2 Å². The number of alkyl halides is 3. The van der Waals surface area contributed by atoms with Crippen molar-refractivity contribution in [3.8, 4) is 0 Å². The molecule has 7 nitrogen and oxygen atoms in total. The molecular weight excluding hydrogens is 359 g/mol. The van der Waals surface area contributed by atoms with Crippen molar-refractivity contribution >= 4 is 22.3 Å². The summed E-state index contributed by atoms with van der Waals surface area (Å²) in [5.74, 6) is 0. The number of methoxy groups -OCH3 is 1. The molecule has 3 heterocycles. The molecular formula is C14H18F3N5O2S. The van der Waals surface area contributed by atoms with E-state index < -0.39 is 11.9 Å². The van der Waals surface area contributed by atoms with Crippen LogP contribution >= 0.6 is 11.3 Å². The van der Waals surface area contributed by atoms with E-state index in [-0.39, 0.29) is 35.9 Å². The highest BCUT2D eigenvalue weighted by Crippen LogP contribution is 2.34. The van der Waals surface area contributed by atoms with E-state index in [0.717, 1.165) is 28.7 Å². The van der Waals surface area contributed by atoms with Gasteiger partial charge in [0, 0.05) is 19.7 Å². The first-order chi connectivity index (χ1) is 11.8. The Bertz CT molecular complexity index is 772. The van der Waals surface area contributed by atoms with Gasteiger partial charge in [-0.25, -0.2) is 9.78 Å². The predicted molar refractivity (Wildman–Crippen MR) is 84.2 cm³/mol. The lowest BCUT2D eigenvalue weighted by molar-refractivity contribution is -0.143. The Morgan fingerprint density at radius 1 is 1.44 bits per heavy atom. The van der Waals surface area contributed by atoms with E-state index in [2.05, 4.69) is 15.4 Å². The van der Waals surface area contributed by atoms with E-state index in [1.807, 2.05) is 6.92 Å². The molecule has 1 N–H and O–H groups in total. The van der Waals surface area contributed by atoms with E-state index in [0.29, 0.717) is 11.6 Å². The summed E-state index contributed by atoms with van der Waals surface area (Å²) in [6.07, 6.45) is -2.94. The zero-order chi connectivity index (χ0) is 18.2. The zero-order valence-corrected chi connectivity index (χ0v) is 14.6. The molecule has 0 bridgehead atoms. The highest BCUT2D eigenvalue weighted by molar-refractivity contribution is 7.16. The molecule has 0 aliphatic carbocycles. The van der Waals surface area contributed by atoms with Crippen LogP contribution in [0.3, 0.4) is 0 Å². The summed E-state index contributed by atoms with van der Waals surface area (Å²) >= 11 is 1.04. The van der Waals surface area contributed by atoms with Gasteiger partial charge in [-0.05, 0) is 6.42 Å². The number of amides is 2. The average molecular weight is 377 g/mol. The molecule has 0 saturated carbocycles. The summed E-state index contributed by atoms with van der Waals surface area (Å²) in [4.78, 5) is 17.6. The SMILES string of the molecule is CCCC1CN(Cc2nc3sc(COC)nn3c2C(F)(F)F)C(=O)N1. The number of nitrogens with one attached hydrogen (secondary N) is 1. The fourth-order valence-corrected chi connectivity index (χ4v) is 3.78. The van der Waals surface area contributed by atoms with Crippen LogP contribution in [-0.4, -0.2) is 45.2 Å². The van der Waals surface area contributed by atoms with Gasteiger partial charge in [0.2, 0.25) is 4.96 Å². The number of fused-ring (bicyclic) bond motifs is 1. The molecule has 2 aromatic rings. The highest BCUT2D eigenvalue weighted by atomic mass is 32.1. The number of carbonyl (C=O) groups is 1. The Hall–Kier alpha value is -1.88. The molecule has 1 aliphatic rings. The maximum absolute atomic E-state index is 13.5. The minimum absolute atomic E-state index is 0.0398. The van der Waals surface area contributed by atoms with Crippen molar-refractivity contribution in [2.24, 2.45) is 0 Å². The minimum Gasteiger partial charge on any atom is -0.377 e. The first-order valence-corrected chi connectivity index (χ1v) is 8.64. The lowest BCUT2D eigenvalue weighted by Gasteiger charge is -2.15. The predicted octanol–water partition coefficient (Wildman–Crippen LogP) is 2.65. The van der Waals surface area contributed by atoms with E-state index in [1.54, 1.807) is 0 Å². The molecule has 1 unspecified atom stereocenters. The number of urea groups is 1. The summed E-state index contributed by atoms with van der Waals surface area (Å²) in [6.45, 7) is 2.28. The van der Waals surface area contributed by atoms with Gasteiger partial charge in [-0.1, -0.05) is 24.7 Å². The molecule has 2 amide bonds. The summed E-state index contributed by atoms with van der Waals surface area (Å²) in [6, 6.07) is -0.405. The van der Waals surface area contributed by atoms with Crippen molar-refractivity contribution in [3.05, 3.63) is 16.4 Å². The second-order valence-electron chi connectivity index (χ2n) is 5.84. The summed E-state index contributed by atoms with van der Waals surface area (Å²) in [5.41, 5.74) is -1.13. The monoisotopic (exact) mass is 377 g/mol. The Morgan fingerprint density at radius 2 is 2.20 bits per heavy atom. The lowest BCUT2D eigenvalue weighted by Crippen LogP contribution is -2.29. The smallest absolute Gasteiger partial charge is 0.377 e. The van der Waals surface area contributed by atoms with Gasteiger partial charge in [0.15, 0.2) is 5.69 Å². The molecule has 138 valence electrons. The number of rotatable bonds is 6. The maximum atomic E-state index is 13.5. The number of halogens is 3. The Labute approximate surface area is 145 Å². The fourth-order valence-electron chi connectivity index (χ4n) is 2.90. The number of imidazole rings is 1. The first kappa shape index (κ1) is 17.9. The highest BCUT2D eigenvalue weighted by Gasteiger charge is 2.41. The van der Waals surface area contributed by atoms with Crippen LogP contribution in [0.15, 0.2) is 0 Å². The van der Waals surface area contributed by atoms with Crippen molar-refractivity contribution in [2.45, 2.75) is 45.1 Å². The largest absolute Gasteiger partial charge is 0.435 e. The van der Waals surface area contributed by atoms with Gasteiger partial charge in [-0.3, -0.25) is 0 Å². The molecule has 2 aromatic heterocycles. The summed E-state index contributed by atoms with van der Waals surface area (Å²) < 4.78 is 46.3. The van der Waals surface area contributed by atoms with Crippen LogP contribution in [0.4, 0.5) is 18.0 Å². The van der Waals surface area contributed by atoms with E-state index in [4.69, 9.17) is 4.74 Å². The minimum atomic E-state index is -4.62. The van der Waals surface area contributed by atoms with Crippen LogP contribution in [0.2, 0.25) is 0 Å². The Balaban J connectivity index is 1.90. The van der Waals surface area contributed by atoms with E-state index in [9.17, 15) is 18.0 Å². The third-order valence-corrected chi connectivity index (χ3v) is 4.77. The number of ether oxygens (including phenoxy) is 1. The molecule has 0 aromatic carbocycles. The van der Waals surface area contributed by atoms with Gasteiger partial charge in [0.25, 0.3) is 0 Å². The average Bonchev–Trinajstić information content (AvgIpc) is 3.12. The second-order valence-corrected chi connectivity index (χ2v) is 6.88.